The fraction of sp³-hybridized carbons (Fsp3) is 0.613. The summed E-state index contributed by atoms with van der Waals surface area (Å²) in [4.78, 5) is 29.7. The Morgan fingerprint density at radius 3 is 2.56 bits per heavy atom. The number of esters is 1. The van der Waals surface area contributed by atoms with Crippen molar-refractivity contribution >= 4 is 11.9 Å². The molecule has 0 aromatic heterocycles. The molecule has 1 saturated heterocycles. The standard InChI is InChI=1S/C31H45N3O7/c1-7-33(5)26(27-20(2)21(3)31(36)41-27)25-22(4)23(12-13-32-24(35)18-34-14-9-8-10-15-34)28-30(40-19-39-28)29(25)38-17-11-16-37-6/h11,16,26-27H,7-10,12-15,17-19H2,1-6H3,(H,32,35)/b16-11+. The first-order valence-corrected chi connectivity index (χ1v) is 14.6. The minimum atomic E-state index is -0.486. The number of likely N-dealkylation sites (tertiary alicyclic amines) is 1. The van der Waals surface area contributed by atoms with E-state index >= 15 is 0 Å². The van der Waals surface area contributed by atoms with Crippen molar-refractivity contribution in [2.75, 3.05) is 60.3 Å². The lowest BCUT2D eigenvalue weighted by molar-refractivity contribution is -0.142. The maximum Gasteiger partial charge on any atom is 0.334 e. The van der Waals surface area contributed by atoms with E-state index in [4.69, 9.17) is 23.7 Å². The van der Waals surface area contributed by atoms with Crippen LogP contribution in [0.3, 0.4) is 0 Å². The van der Waals surface area contributed by atoms with Crippen LogP contribution in [0.5, 0.6) is 17.2 Å². The third kappa shape index (κ3) is 6.81. The number of piperidine rings is 1. The average molecular weight is 572 g/mol. The van der Waals surface area contributed by atoms with Crippen LogP contribution in [0, 0.1) is 6.92 Å². The van der Waals surface area contributed by atoms with Gasteiger partial charge in [-0.15, -0.1) is 0 Å². The molecule has 2 unspecified atom stereocenters. The van der Waals surface area contributed by atoms with Crippen molar-refractivity contribution in [2.24, 2.45) is 0 Å². The number of likely N-dealkylation sites (N-methyl/N-ethyl adjacent to an activating group) is 1. The Morgan fingerprint density at radius 2 is 1.90 bits per heavy atom. The number of hydrogen-bond acceptors (Lipinski definition) is 9. The van der Waals surface area contributed by atoms with Crippen molar-refractivity contribution in [3.8, 4) is 17.2 Å². The van der Waals surface area contributed by atoms with Crippen LogP contribution < -0.4 is 19.5 Å². The second-order valence-electron chi connectivity index (χ2n) is 10.9. The molecule has 0 radical (unpaired) electrons. The molecule has 10 heteroatoms. The number of nitrogens with one attached hydrogen (secondary N) is 1. The fourth-order valence-corrected chi connectivity index (χ4v) is 5.83. The molecule has 0 aliphatic carbocycles. The van der Waals surface area contributed by atoms with Crippen molar-refractivity contribution < 1.29 is 33.3 Å². The van der Waals surface area contributed by atoms with Gasteiger partial charge in [-0.2, -0.15) is 0 Å². The third-order valence-corrected chi connectivity index (χ3v) is 8.38. The van der Waals surface area contributed by atoms with Gasteiger partial charge in [0.15, 0.2) is 11.5 Å². The van der Waals surface area contributed by atoms with Crippen molar-refractivity contribution in [1.82, 2.24) is 15.1 Å². The van der Waals surface area contributed by atoms with Gasteiger partial charge in [0.05, 0.1) is 26.0 Å². The van der Waals surface area contributed by atoms with Crippen molar-refractivity contribution in [3.05, 3.63) is 40.2 Å². The molecule has 0 saturated carbocycles. The molecule has 1 amide bonds. The number of cyclic esters (lactones) is 1. The van der Waals surface area contributed by atoms with Gasteiger partial charge in [0.1, 0.15) is 12.7 Å². The van der Waals surface area contributed by atoms with Crippen molar-refractivity contribution in [3.63, 3.8) is 0 Å². The van der Waals surface area contributed by atoms with Crippen LogP contribution in [0.4, 0.5) is 0 Å². The topological polar surface area (TPSA) is 98.8 Å². The number of fused-ring (bicyclic) bond motifs is 1. The summed E-state index contributed by atoms with van der Waals surface area (Å²) in [5.41, 5.74) is 4.32. The highest BCUT2D eigenvalue weighted by Gasteiger charge is 2.42. The minimum Gasteiger partial charge on any atom is -0.505 e. The molecule has 3 heterocycles. The van der Waals surface area contributed by atoms with Gasteiger partial charge in [0.2, 0.25) is 18.4 Å². The number of ether oxygens (including phenoxy) is 5. The average Bonchev–Trinajstić information content (AvgIpc) is 3.55. The normalized spacial score (nSPS) is 19.7. The Morgan fingerprint density at radius 1 is 1.17 bits per heavy atom. The summed E-state index contributed by atoms with van der Waals surface area (Å²) >= 11 is 0. The number of hydrogen-bond donors (Lipinski definition) is 1. The number of carbonyl (C=O) groups excluding carboxylic acids is 2. The van der Waals surface area contributed by atoms with E-state index < -0.39 is 6.10 Å². The van der Waals surface area contributed by atoms with Crippen LogP contribution in [0.25, 0.3) is 0 Å². The van der Waals surface area contributed by atoms with Gasteiger partial charge in [-0.1, -0.05) is 13.3 Å². The summed E-state index contributed by atoms with van der Waals surface area (Å²) in [7, 11) is 3.59. The highest BCUT2D eigenvalue weighted by Crippen LogP contribution is 2.52. The molecule has 1 aromatic rings. The molecule has 3 aliphatic heterocycles. The summed E-state index contributed by atoms with van der Waals surface area (Å²) in [6.45, 7) is 11.7. The first-order valence-electron chi connectivity index (χ1n) is 14.6. The lowest BCUT2D eigenvalue weighted by Crippen LogP contribution is -2.40. The molecule has 1 fully saturated rings. The van der Waals surface area contributed by atoms with Gasteiger partial charge < -0.3 is 29.0 Å². The molecule has 4 rings (SSSR count). The molecule has 2 atom stereocenters. The second-order valence-corrected chi connectivity index (χ2v) is 10.9. The molecule has 10 nitrogen and oxygen atoms in total. The monoisotopic (exact) mass is 571 g/mol. The summed E-state index contributed by atoms with van der Waals surface area (Å²) in [6.07, 6.45) is 6.94. The van der Waals surface area contributed by atoms with E-state index in [9.17, 15) is 9.59 Å². The molecule has 41 heavy (non-hydrogen) atoms. The predicted octanol–water partition coefficient (Wildman–Crippen LogP) is 3.66. The Balaban J connectivity index is 1.70. The largest absolute Gasteiger partial charge is 0.505 e. The van der Waals surface area contributed by atoms with Crippen LogP contribution in [0.15, 0.2) is 23.5 Å². The summed E-state index contributed by atoms with van der Waals surface area (Å²) < 4.78 is 29.3. The Bertz CT molecular complexity index is 1170. The highest BCUT2D eigenvalue weighted by atomic mass is 16.7. The number of benzene rings is 1. The van der Waals surface area contributed by atoms with Gasteiger partial charge in [-0.25, -0.2) is 4.79 Å². The Labute approximate surface area is 243 Å². The maximum atomic E-state index is 12.7. The van der Waals surface area contributed by atoms with Gasteiger partial charge in [-0.05, 0) is 83.9 Å². The van der Waals surface area contributed by atoms with Crippen LogP contribution >= 0.6 is 0 Å². The first kappa shape index (κ1) is 30.7. The van der Waals surface area contributed by atoms with Gasteiger partial charge in [0.25, 0.3) is 0 Å². The van der Waals surface area contributed by atoms with Crippen molar-refractivity contribution in [2.45, 2.75) is 65.5 Å². The first-order chi connectivity index (χ1) is 19.8. The van der Waals surface area contributed by atoms with Crippen molar-refractivity contribution in [1.29, 1.82) is 0 Å². The molecule has 0 spiro atoms. The van der Waals surface area contributed by atoms with Crippen LogP contribution in [-0.2, 0) is 25.5 Å². The SMILES string of the molecule is CCN(C)C(c1c(C)c(CCNC(=O)CN2CCCCC2)c2c(c1OC/C=C/OC)OCO2)C1OC(=O)C(C)=C1C. The smallest absolute Gasteiger partial charge is 0.334 e. The van der Waals surface area contributed by atoms with E-state index in [1.807, 2.05) is 20.9 Å². The van der Waals surface area contributed by atoms with Crippen LogP contribution in [0.2, 0.25) is 0 Å². The number of nitrogens with zero attached hydrogens (tertiary/aromatic N) is 2. The minimum absolute atomic E-state index is 0.0289. The number of methoxy groups -OCH3 is 1. The van der Waals surface area contributed by atoms with Gasteiger partial charge in [-0.3, -0.25) is 14.6 Å². The van der Waals surface area contributed by atoms with Crippen LogP contribution in [0.1, 0.15) is 62.8 Å². The molecule has 1 N–H and O–H groups in total. The molecular formula is C31H45N3O7. The zero-order valence-corrected chi connectivity index (χ0v) is 25.3. The Kier molecular flexibility index (Phi) is 10.6. The number of carbonyl (C=O) groups is 2. The zero-order chi connectivity index (χ0) is 29.5. The third-order valence-electron chi connectivity index (χ3n) is 8.38. The van der Waals surface area contributed by atoms with E-state index in [2.05, 4.69) is 22.0 Å². The predicted molar refractivity (Wildman–Crippen MR) is 155 cm³/mol. The molecule has 3 aliphatic rings. The summed E-state index contributed by atoms with van der Waals surface area (Å²) in [5.74, 6) is 1.45. The van der Waals surface area contributed by atoms with E-state index in [1.54, 1.807) is 26.4 Å². The lowest BCUT2D eigenvalue weighted by atomic mass is 9.87. The molecule has 1 aromatic carbocycles. The van der Waals surface area contributed by atoms with E-state index in [0.717, 1.165) is 48.2 Å². The number of amides is 1. The van der Waals surface area contributed by atoms with Crippen LogP contribution in [-0.4, -0.2) is 88.1 Å². The molecule has 0 bridgehead atoms. The Hall–Kier alpha value is -3.24. The molecule has 226 valence electrons. The fourth-order valence-electron chi connectivity index (χ4n) is 5.83. The van der Waals surface area contributed by atoms with E-state index in [0.29, 0.717) is 48.9 Å². The molecular weight excluding hydrogens is 526 g/mol. The quantitative estimate of drug-likeness (QED) is 0.281. The summed E-state index contributed by atoms with van der Waals surface area (Å²) in [5, 5.41) is 3.10. The van der Waals surface area contributed by atoms with E-state index in [-0.39, 0.29) is 31.3 Å². The van der Waals surface area contributed by atoms with Gasteiger partial charge in [0, 0.05) is 23.2 Å². The maximum absolute atomic E-state index is 12.7. The second kappa shape index (κ2) is 14.1. The number of rotatable bonds is 13. The lowest BCUT2D eigenvalue weighted by Gasteiger charge is -2.35. The van der Waals surface area contributed by atoms with E-state index in [1.165, 1.54) is 6.42 Å². The van der Waals surface area contributed by atoms with Gasteiger partial charge >= 0.3 is 5.97 Å². The zero-order valence-electron chi connectivity index (χ0n) is 25.3. The summed E-state index contributed by atoms with van der Waals surface area (Å²) in [6, 6.07) is -0.329. The highest BCUT2D eigenvalue weighted by molar-refractivity contribution is 5.91.